The maximum Gasteiger partial charge on any atom is 0.243 e. The third kappa shape index (κ3) is 5.28. The lowest BCUT2D eigenvalue weighted by molar-refractivity contribution is -0.114. The van der Waals surface area contributed by atoms with Crippen molar-refractivity contribution in [2.75, 3.05) is 41.8 Å². The minimum Gasteiger partial charge on any atom is -0.396 e. The second-order valence-electron chi connectivity index (χ2n) is 6.81. The number of aliphatic hydroxyl groups excluding tert-OH is 1. The zero-order chi connectivity index (χ0) is 20.1. The number of aliphatic hydroxyl groups is 1. The van der Waals surface area contributed by atoms with Gasteiger partial charge in [0.1, 0.15) is 5.82 Å². The smallest absolute Gasteiger partial charge is 0.243 e. The van der Waals surface area contributed by atoms with E-state index in [1.54, 1.807) is 6.07 Å². The standard InChI is InChI=1S/C20H22Cl2FN3O2/c21-14-1-4-19(26-7-5-13(12-27)6-8-26)18(9-14)24-11-20(28)25-15-2-3-17(23)16(22)10-15/h1-4,9-10,13,24,27H,5-8,11-12H2,(H,25,28). The van der Waals surface area contributed by atoms with Gasteiger partial charge in [-0.1, -0.05) is 23.2 Å². The molecule has 0 spiro atoms. The lowest BCUT2D eigenvalue weighted by Crippen LogP contribution is -2.35. The minimum absolute atomic E-state index is 0.0233. The van der Waals surface area contributed by atoms with E-state index in [0.29, 0.717) is 16.6 Å². The fourth-order valence-corrected chi connectivity index (χ4v) is 3.59. The first-order valence-corrected chi connectivity index (χ1v) is 9.86. The van der Waals surface area contributed by atoms with Gasteiger partial charge in [0.15, 0.2) is 0 Å². The van der Waals surface area contributed by atoms with Crippen molar-refractivity contribution in [2.24, 2.45) is 5.92 Å². The van der Waals surface area contributed by atoms with Crippen LogP contribution in [0.2, 0.25) is 10.0 Å². The van der Waals surface area contributed by atoms with Gasteiger partial charge in [-0.3, -0.25) is 4.79 Å². The summed E-state index contributed by atoms with van der Waals surface area (Å²) >= 11 is 11.9. The van der Waals surface area contributed by atoms with Crippen molar-refractivity contribution in [3.63, 3.8) is 0 Å². The van der Waals surface area contributed by atoms with Crippen molar-refractivity contribution in [2.45, 2.75) is 12.8 Å². The third-order valence-electron chi connectivity index (χ3n) is 4.81. The van der Waals surface area contributed by atoms with Crippen LogP contribution >= 0.6 is 23.2 Å². The van der Waals surface area contributed by atoms with Crippen molar-refractivity contribution >= 4 is 46.2 Å². The van der Waals surface area contributed by atoms with Crippen molar-refractivity contribution in [1.29, 1.82) is 0 Å². The lowest BCUT2D eigenvalue weighted by Gasteiger charge is -2.34. The molecule has 0 unspecified atom stereocenters. The van der Waals surface area contributed by atoms with Gasteiger partial charge in [-0.2, -0.15) is 0 Å². The predicted octanol–water partition coefficient (Wildman–Crippen LogP) is 4.39. The molecular formula is C20H22Cl2FN3O2. The Morgan fingerprint density at radius 3 is 2.61 bits per heavy atom. The fraction of sp³-hybridized carbons (Fsp3) is 0.350. The molecule has 1 amide bonds. The van der Waals surface area contributed by atoms with Gasteiger partial charge in [0, 0.05) is 30.4 Å². The Balaban J connectivity index is 1.64. The summed E-state index contributed by atoms with van der Waals surface area (Å²) in [6.45, 7) is 1.91. The Morgan fingerprint density at radius 2 is 1.93 bits per heavy atom. The second kappa shape index (κ2) is 9.45. The highest BCUT2D eigenvalue weighted by Gasteiger charge is 2.21. The van der Waals surface area contributed by atoms with Gasteiger partial charge < -0.3 is 20.6 Å². The van der Waals surface area contributed by atoms with E-state index >= 15 is 0 Å². The maximum atomic E-state index is 13.2. The van der Waals surface area contributed by atoms with Crippen LogP contribution in [0.25, 0.3) is 0 Å². The molecule has 5 nitrogen and oxygen atoms in total. The molecule has 0 saturated carbocycles. The SMILES string of the molecule is O=C(CNc1cc(Cl)ccc1N1CCC(CO)CC1)Nc1ccc(F)c(Cl)c1. The van der Waals surface area contributed by atoms with Gasteiger partial charge in [-0.25, -0.2) is 4.39 Å². The molecule has 1 aliphatic heterocycles. The average molecular weight is 426 g/mol. The summed E-state index contributed by atoms with van der Waals surface area (Å²) in [4.78, 5) is 14.5. The van der Waals surface area contributed by atoms with Crippen LogP contribution in [0.4, 0.5) is 21.5 Å². The summed E-state index contributed by atoms with van der Waals surface area (Å²) in [5.41, 5.74) is 2.16. The van der Waals surface area contributed by atoms with E-state index in [9.17, 15) is 14.3 Å². The second-order valence-corrected chi connectivity index (χ2v) is 7.65. The number of nitrogens with zero attached hydrogens (tertiary/aromatic N) is 1. The van der Waals surface area contributed by atoms with Gasteiger partial charge >= 0.3 is 0 Å². The number of amides is 1. The maximum absolute atomic E-state index is 13.2. The number of hydrogen-bond donors (Lipinski definition) is 3. The summed E-state index contributed by atoms with van der Waals surface area (Å²) in [7, 11) is 0. The van der Waals surface area contributed by atoms with E-state index in [4.69, 9.17) is 23.2 Å². The number of anilines is 3. The first kappa shape index (κ1) is 20.7. The highest BCUT2D eigenvalue weighted by molar-refractivity contribution is 6.31. The van der Waals surface area contributed by atoms with Crippen LogP contribution in [0.5, 0.6) is 0 Å². The number of rotatable bonds is 6. The van der Waals surface area contributed by atoms with E-state index in [0.717, 1.165) is 37.3 Å². The topological polar surface area (TPSA) is 64.6 Å². The monoisotopic (exact) mass is 425 g/mol. The van der Waals surface area contributed by atoms with E-state index in [2.05, 4.69) is 15.5 Å². The largest absolute Gasteiger partial charge is 0.396 e. The Labute approximate surface area is 173 Å². The Morgan fingerprint density at radius 1 is 1.18 bits per heavy atom. The van der Waals surface area contributed by atoms with Crippen LogP contribution in [0.1, 0.15) is 12.8 Å². The van der Waals surface area contributed by atoms with Gasteiger partial charge in [0.05, 0.1) is 22.9 Å². The molecule has 1 heterocycles. The number of nitrogens with one attached hydrogen (secondary N) is 2. The summed E-state index contributed by atoms with van der Waals surface area (Å²) in [5.74, 6) is -0.479. The summed E-state index contributed by atoms with van der Waals surface area (Å²) < 4.78 is 13.2. The zero-order valence-electron chi connectivity index (χ0n) is 15.2. The molecule has 8 heteroatoms. The molecule has 1 saturated heterocycles. The lowest BCUT2D eigenvalue weighted by atomic mass is 9.97. The molecule has 1 aliphatic rings. The number of benzene rings is 2. The highest BCUT2D eigenvalue weighted by atomic mass is 35.5. The minimum atomic E-state index is -0.536. The van der Waals surface area contributed by atoms with E-state index in [1.165, 1.54) is 18.2 Å². The summed E-state index contributed by atoms with van der Waals surface area (Å²) in [6.07, 6.45) is 1.84. The van der Waals surface area contributed by atoms with E-state index in [-0.39, 0.29) is 24.1 Å². The highest BCUT2D eigenvalue weighted by Crippen LogP contribution is 2.32. The molecule has 1 fully saturated rings. The quantitative estimate of drug-likeness (QED) is 0.641. The van der Waals surface area contributed by atoms with Crippen LogP contribution < -0.4 is 15.5 Å². The number of piperidine rings is 1. The first-order valence-electron chi connectivity index (χ1n) is 9.10. The summed E-state index contributed by atoms with van der Waals surface area (Å²) in [5, 5.41) is 15.6. The molecule has 0 aromatic heterocycles. The molecule has 3 rings (SSSR count). The Hall–Kier alpha value is -2.02. The number of hydrogen-bond acceptors (Lipinski definition) is 4. The molecule has 150 valence electrons. The van der Waals surface area contributed by atoms with Crippen LogP contribution in [0, 0.1) is 11.7 Å². The van der Waals surface area contributed by atoms with Crippen molar-refractivity contribution in [1.82, 2.24) is 0 Å². The van der Waals surface area contributed by atoms with Gasteiger partial charge in [0.2, 0.25) is 5.91 Å². The van der Waals surface area contributed by atoms with E-state index < -0.39 is 5.82 Å². The van der Waals surface area contributed by atoms with Crippen molar-refractivity contribution in [3.8, 4) is 0 Å². The van der Waals surface area contributed by atoms with Crippen molar-refractivity contribution in [3.05, 3.63) is 52.3 Å². The fourth-order valence-electron chi connectivity index (χ4n) is 3.24. The molecule has 28 heavy (non-hydrogen) atoms. The van der Waals surface area contributed by atoms with Gasteiger partial charge in [-0.05, 0) is 55.2 Å². The number of carbonyl (C=O) groups is 1. The molecular weight excluding hydrogens is 404 g/mol. The van der Waals surface area contributed by atoms with Crippen LogP contribution in [-0.2, 0) is 4.79 Å². The molecule has 2 aromatic rings. The van der Waals surface area contributed by atoms with Crippen LogP contribution in [-0.4, -0.2) is 37.3 Å². The van der Waals surface area contributed by atoms with Crippen LogP contribution in [0.15, 0.2) is 36.4 Å². The molecule has 0 atom stereocenters. The predicted molar refractivity (Wildman–Crippen MR) is 112 cm³/mol. The number of halogens is 3. The van der Waals surface area contributed by atoms with E-state index in [1.807, 2.05) is 12.1 Å². The molecule has 2 aromatic carbocycles. The Bertz CT molecular complexity index is 842. The summed E-state index contributed by atoms with van der Waals surface area (Å²) in [6, 6.07) is 9.57. The molecule has 0 radical (unpaired) electrons. The average Bonchev–Trinajstić information content (AvgIpc) is 2.69. The first-order chi connectivity index (χ1) is 13.5. The van der Waals surface area contributed by atoms with Gasteiger partial charge in [-0.15, -0.1) is 0 Å². The molecule has 3 N–H and O–H groups in total. The van der Waals surface area contributed by atoms with Gasteiger partial charge in [0.25, 0.3) is 0 Å². The zero-order valence-corrected chi connectivity index (χ0v) is 16.7. The van der Waals surface area contributed by atoms with Crippen molar-refractivity contribution < 1.29 is 14.3 Å². The normalized spacial score (nSPS) is 14.8. The molecule has 0 aliphatic carbocycles. The Kier molecular flexibility index (Phi) is 6.99. The third-order valence-corrected chi connectivity index (χ3v) is 5.34. The number of carbonyl (C=O) groups excluding carboxylic acids is 1. The van der Waals surface area contributed by atoms with Crippen LogP contribution in [0.3, 0.4) is 0 Å². The molecule has 0 bridgehead atoms.